The Hall–Kier alpha value is -2.10. The van der Waals surface area contributed by atoms with Crippen LogP contribution in [0.1, 0.15) is 22.5 Å². The van der Waals surface area contributed by atoms with Crippen molar-refractivity contribution in [1.82, 2.24) is 25.3 Å². The van der Waals surface area contributed by atoms with Crippen LogP contribution in [0.5, 0.6) is 0 Å². The molecule has 28 heavy (non-hydrogen) atoms. The van der Waals surface area contributed by atoms with Gasteiger partial charge in [0.15, 0.2) is 5.96 Å². The quantitative estimate of drug-likeness (QED) is 0.348. The molecule has 0 spiro atoms. The van der Waals surface area contributed by atoms with Crippen molar-refractivity contribution < 1.29 is 4.79 Å². The molecule has 7 nitrogen and oxygen atoms in total. The van der Waals surface area contributed by atoms with Crippen LogP contribution in [-0.2, 0) is 24.8 Å². The molecule has 1 heterocycles. The molecule has 154 valence electrons. The van der Waals surface area contributed by atoms with Gasteiger partial charge in [0.25, 0.3) is 0 Å². The molecule has 0 saturated carbocycles. The van der Waals surface area contributed by atoms with Crippen molar-refractivity contribution in [2.75, 3.05) is 27.2 Å². The van der Waals surface area contributed by atoms with Crippen LogP contribution in [0, 0.1) is 13.8 Å². The number of amides is 1. The lowest BCUT2D eigenvalue weighted by Crippen LogP contribution is -2.43. The molecular weight excluding hydrogens is 467 g/mol. The van der Waals surface area contributed by atoms with E-state index < -0.39 is 0 Å². The van der Waals surface area contributed by atoms with Gasteiger partial charge < -0.3 is 15.5 Å². The minimum absolute atomic E-state index is 0. The maximum Gasteiger partial charge on any atom is 0.241 e. The third-order valence-corrected chi connectivity index (χ3v) is 4.51. The van der Waals surface area contributed by atoms with Crippen LogP contribution in [-0.4, -0.2) is 53.7 Å². The predicted molar refractivity (Wildman–Crippen MR) is 124 cm³/mol. The van der Waals surface area contributed by atoms with Crippen LogP contribution < -0.4 is 10.6 Å². The molecule has 0 saturated heterocycles. The number of nitrogens with one attached hydrogen (secondary N) is 2. The number of carbonyl (C=O) groups excluding carboxylic acids is 1. The van der Waals surface area contributed by atoms with Gasteiger partial charge in [0.1, 0.15) is 0 Å². The molecule has 0 aliphatic rings. The van der Waals surface area contributed by atoms with Crippen molar-refractivity contribution in [3.05, 3.63) is 52.8 Å². The van der Waals surface area contributed by atoms with Crippen LogP contribution in [0.15, 0.2) is 35.3 Å². The number of aryl methyl sites for hydroxylation is 2. The van der Waals surface area contributed by atoms with Gasteiger partial charge in [0.2, 0.25) is 5.91 Å². The molecule has 0 fully saturated rings. The van der Waals surface area contributed by atoms with E-state index in [1.807, 2.05) is 43.8 Å². The van der Waals surface area contributed by atoms with Crippen molar-refractivity contribution in [2.45, 2.75) is 26.8 Å². The Balaban J connectivity index is 0.00000392. The van der Waals surface area contributed by atoms with Gasteiger partial charge in [-0.2, -0.15) is 5.10 Å². The zero-order valence-corrected chi connectivity index (χ0v) is 19.7. The largest absolute Gasteiger partial charge is 0.356 e. The van der Waals surface area contributed by atoms with Crippen molar-refractivity contribution in [2.24, 2.45) is 12.0 Å². The number of nitrogens with zero attached hydrogens (tertiary/aromatic N) is 4. The summed E-state index contributed by atoms with van der Waals surface area (Å²) in [6, 6.07) is 10.3. The van der Waals surface area contributed by atoms with Crippen molar-refractivity contribution >= 4 is 35.8 Å². The molecule has 0 bridgehead atoms. The van der Waals surface area contributed by atoms with E-state index in [0.29, 0.717) is 12.5 Å². The third kappa shape index (κ3) is 7.14. The molecule has 0 aliphatic heterocycles. The van der Waals surface area contributed by atoms with Crippen LogP contribution >= 0.6 is 24.0 Å². The Kier molecular flexibility index (Phi) is 9.98. The van der Waals surface area contributed by atoms with Gasteiger partial charge in [0.05, 0.1) is 18.8 Å². The Morgan fingerprint density at radius 2 is 1.86 bits per heavy atom. The normalized spacial score (nSPS) is 11.0. The van der Waals surface area contributed by atoms with E-state index in [-0.39, 0.29) is 36.4 Å². The van der Waals surface area contributed by atoms with Gasteiger partial charge in [-0.05, 0) is 25.8 Å². The topological polar surface area (TPSA) is 74.5 Å². The van der Waals surface area contributed by atoms with E-state index in [1.165, 1.54) is 5.56 Å². The highest BCUT2D eigenvalue weighted by molar-refractivity contribution is 14.0. The highest BCUT2D eigenvalue weighted by Gasteiger charge is 2.10. The number of carbonyl (C=O) groups is 1. The summed E-state index contributed by atoms with van der Waals surface area (Å²) < 4.78 is 1.87. The number of halogens is 1. The number of aromatic nitrogens is 2. The van der Waals surface area contributed by atoms with E-state index in [1.54, 1.807) is 19.0 Å². The van der Waals surface area contributed by atoms with E-state index >= 15 is 0 Å². The molecule has 0 atom stereocenters. The molecule has 2 rings (SSSR count). The van der Waals surface area contributed by atoms with Crippen LogP contribution in [0.3, 0.4) is 0 Å². The molecule has 1 amide bonds. The summed E-state index contributed by atoms with van der Waals surface area (Å²) in [5, 5.41) is 10.9. The maximum absolute atomic E-state index is 11.9. The molecular formula is C20H31IN6O. The first-order valence-corrected chi connectivity index (χ1v) is 9.13. The molecule has 2 aromatic rings. The van der Waals surface area contributed by atoms with Gasteiger partial charge in [0, 0.05) is 38.9 Å². The number of aliphatic imine (C=N–C) groups is 1. The lowest BCUT2D eigenvalue weighted by atomic mass is 10.1. The molecule has 0 aliphatic carbocycles. The summed E-state index contributed by atoms with van der Waals surface area (Å²) in [6.07, 6.45) is 0.883. The zero-order chi connectivity index (χ0) is 19.8. The summed E-state index contributed by atoms with van der Waals surface area (Å²) in [4.78, 5) is 18.1. The maximum atomic E-state index is 11.9. The fraction of sp³-hybridized carbons (Fsp3) is 0.450. The minimum atomic E-state index is 0. The smallest absolute Gasteiger partial charge is 0.241 e. The van der Waals surface area contributed by atoms with Gasteiger partial charge in [-0.25, -0.2) is 4.99 Å². The average molecular weight is 498 g/mol. The van der Waals surface area contributed by atoms with Crippen LogP contribution in [0.25, 0.3) is 0 Å². The fourth-order valence-corrected chi connectivity index (χ4v) is 2.67. The van der Waals surface area contributed by atoms with E-state index in [2.05, 4.69) is 32.9 Å². The summed E-state index contributed by atoms with van der Waals surface area (Å²) in [7, 11) is 5.42. The summed E-state index contributed by atoms with van der Waals surface area (Å²) >= 11 is 0. The average Bonchev–Trinajstić information content (AvgIpc) is 2.89. The number of likely N-dealkylation sites (N-methyl/N-ethyl adjacent to an activating group) is 1. The molecule has 0 radical (unpaired) electrons. The molecule has 0 unspecified atom stereocenters. The lowest BCUT2D eigenvalue weighted by Gasteiger charge is -2.15. The predicted octanol–water partition coefficient (Wildman–Crippen LogP) is 2.02. The molecule has 1 aromatic carbocycles. The second-order valence-electron chi connectivity index (χ2n) is 6.74. The Morgan fingerprint density at radius 3 is 2.43 bits per heavy atom. The van der Waals surface area contributed by atoms with Gasteiger partial charge in [-0.1, -0.05) is 30.3 Å². The fourth-order valence-electron chi connectivity index (χ4n) is 2.67. The highest BCUT2D eigenvalue weighted by Crippen LogP contribution is 2.12. The monoisotopic (exact) mass is 498 g/mol. The second-order valence-corrected chi connectivity index (χ2v) is 6.74. The zero-order valence-electron chi connectivity index (χ0n) is 17.3. The van der Waals surface area contributed by atoms with Crippen LogP contribution in [0.4, 0.5) is 0 Å². The highest BCUT2D eigenvalue weighted by atomic mass is 127. The minimum Gasteiger partial charge on any atom is -0.356 e. The first-order valence-electron chi connectivity index (χ1n) is 9.13. The lowest BCUT2D eigenvalue weighted by molar-refractivity contribution is -0.127. The second kappa shape index (κ2) is 11.7. The molecule has 1 aromatic heterocycles. The number of guanidine groups is 1. The Bertz CT molecular complexity index is 785. The van der Waals surface area contributed by atoms with Gasteiger partial charge >= 0.3 is 0 Å². The SMILES string of the molecule is Cc1nn(C)c(C)c1CN=C(NCCc1ccccc1)NCC(=O)N(C)C.I. The summed E-state index contributed by atoms with van der Waals surface area (Å²) in [6.45, 7) is 5.48. The van der Waals surface area contributed by atoms with Crippen molar-refractivity contribution in [3.8, 4) is 0 Å². The number of hydrogen-bond donors (Lipinski definition) is 2. The van der Waals surface area contributed by atoms with E-state index in [0.717, 1.165) is 29.9 Å². The van der Waals surface area contributed by atoms with E-state index in [4.69, 9.17) is 0 Å². The number of rotatable bonds is 7. The van der Waals surface area contributed by atoms with Gasteiger partial charge in [-0.3, -0.25) is 9.48 Å². The van der Waals surface area contributed by atoms with Gasteiger partial charge in [-0.15, -0.1) is 24.0 Å². The Labute approximate surface area is 184 Å². The molecule has 8 heteroatoms. The van der Waals surface area contributed by atoms with Crippen molar-refractivity contribution in [1.29, 1.82) is 0 Å². The first-order chi connectivity index (χ1) is 12.9. The third-order valence-electron chi connectivity index (χ3n) is 4.51. The summed E-state index contributed by atoms with van der Waals surface area (Å²) in [5.41, 5.74) is 4.45. The van der Waals surface area contributed by atoms with Crippen molar-refractivity contribution in [3.63, 3.8) is 0 Å². The molecule has 2 N–H and O–H groups in total. The first kappa shape index (κ1) is 23.9. The standard InChI is InChI=1S/C20H30N6O.HI/c1-15-18(16(2)26(5)24-15)13-22-20(23-14-19(27)25(3)4)21-12-11-17-9-7-6-8-10-17;/h6-10H,11-14H2,1-5H3,(H2,21,22,23);1H. The van der Waals surface area contributed by atoms with Crippen LogP contribution in [0.2, 0.25) is 0 Å². The van der Waals surface area contributed by atoms with E-state index in [9.17, 15) is 4.79 Å². The Morgan fingerprint density at radius 1 is 1.18 bits per heavy atom. The summed E-state index contributed by atoms with van der Waals surface area (Å²) in [5.74, 6) is 0.630. The number of benzene rings is 1. The number of hydrogen-bond acceptors (Lipinski definition) is 3.